The lowest BCUT2D eigenvalue weighted by atomic mass is 10.00. The van der Waals surface area contributed by atoms with Crippen LogP contribution >= 0.6 is 0 Å². The smallest absolute Gasteiger partial charge is 0.124 e. The zero-order valence-electron chi connectivity index (χ0n) is 12.4. The number of ether oxygens (including phenoxy) is 2. The number of aliphatic hydroxyl groups is 1. The van der Waals surface area contributed by atoms with Crippen molar-refractivity contribution in [3.63, 3.8) is 0 Å². The Bertz CT molecular complexity index is 598. The number of methoxy groups -OCH3 is 2. The first kappa shape index (κ1) is 15.2. The predicted octanol–water partition coefficient (Wildman–Crippen LogP) is 2.95. The van der Waals surface area contributed by atoms with Crippen LogP contribution in [0.25, 0.3) is 0 Å². The standard InChI is InChI=1S/C17H21NO3/c1-20-14-7-9-17(21-2)15(11-14)16(19)8-6-12-4-3-5-13(18)10-12/h3-5,7,9-11,16,19H,6,8,18H2,1-2H3. The van der Waals surface area contributed by atoms with Crippen molar-refractivity contribution in [2.45, 2.75) is 18.9 Å². The van der Waals surface area contributed by atoms with Gasteiger partial charge in [-0.15, -0.1) is 0 Å². The number of benzene rings is 2. The normalized spacial score (nSPS) is 12.0. The molecule has 4 heteroatoms. The van der Waals surface area contributed by atoms with Gasteiger partial charge in [0.2, 0.25) is 0 Å². The second kappa shape index (κ2) is 6.99. The van der Waals surface area contributed by atoms with Crippen molar-refractivity contribution in [3.05, 3.63) is 53.6 Å². The van der Waals surface area contributed by atoms with Crippen LogP contribution in [-0.4, -0.2) is 19.3 Å². The van der Waals surface area contributed by atoms with E-state index in [-0.39, 0.29) is 0 Å². The first-order valence-corrected chi connectivity index (χ1v) is 6.88. The molecule has 4 nitrogen and oxygen atoms in total. The predicted molar refractivity (Wildman–Crippen MR) is 83.7 cm³/mol. The van der Waals surface area contributed by atoms with E-state index in [2.05, 4.69) is 0 Å². The monoisotopic (exact) mass is 287 g/mol. The Labute approximate surface area is 125 Å². The van der Waals surface area contributed by atoms with E-state index in [1.165, 1.54) is 0 Å². The van der Waals surface area contributed by atoms with Crippen molar-refractivity contribution in [2.75, 3.05) is 20.0 Å². The van der Waals surface area contributed by atoms with E-state index >= 15 is 0 Å². The number of nitrogen functional groups attached to an aromatic ring is 1. The Morgan fingerprint density at radius 3 is 2.57 bits per heavy atom. The molecule has 1 unspecified atom stereocenters. The maximum atomic E-state index is 10.4. The summed E-state index contributed by atoms with van der Waals surface area (Å²) in [4.78, 5) is 0. The molecule has 0 aromatic heterocycles. The molecule has 0 aliphatic heterocycles. The highest BCUT2D eigenvalue weighted by Gasteiger charge is 2.14. The molecule has 0 amide bonds. The zero-order valence-corrected chi connectivity index (χ0v) is 12.4. The lowest BCUT2D eigenvalue weighted by Gasteiger charge is -2.16. The summed E-state index contributed by atoms with van der Waals surface area (Å²) in [6.45, 7) is 0. The third-order valence-corrected chi connectivity index (χ3v) is 3.45. The van der Waals surface area contributed by atoms with Gasteiger partial charge in [-0.3, -0.25) is 0 Å². The lowest BCUT2D eigenvalue weighted by molar-refractivity contribution is 0.163. The average molecular weight is 287 g/mol. The molecule has 2 aromatic carbocycles. The molecule has 21 heavy (non-hydrogen) atoms. The molecular formula is C17H21NO3. The molecule has 112 valence electrons. The van der Waals surface area contributed by atoms with Crippen LogP contribution in [-0.2, 0) is 6.42 Å². The second-order valence-electron chi connectivity index (χ2n) is 4.91. The summed E-state index contributed by atoms with van der Waals surface area (Å²) in [6, 6.07) is 13.1. The fourth-order valence-corrected chi connectivity index (χ4v) is 2.31. The van der Waals surface area contributed by atoms with Crippen molar-refractivity contribution in [3.8, 4) is 11.5 Å². The fraction of sp³-hybridized carbons (Fsp3) is 0.294. The molecule has 0 saturated carbocycles. The zero-order chi connectivity index (χ0) is 15.2. The van der Waals surface area contributed by atoms with Gasteiger partial charge in [-0.2, -0.15) is 0 Å². The van der Waals surface area contributed by atoms with Gasteiger partial charge in [-0.25, -0.2) is 0 Å². The Hall–Kier alpha value is -2.20. The molecule has 2 rings (SSSR count). The van der Waals surface area contributed by atoms with Gasteiger partial charge in [-0.1, -0.05) is 12.1 Å². The van der Waals surface area contributed by atoms with Gasteiger partial charge in [0.25, 0.3) is 0 Å². The molecule has 1 atom stereocenters. The highest BCUT2D eigenvalue weighted by atomic mass is 16.5. The van der Waals surface area contributed by atoms with Crippen molar-refractivity contribution in [1.29, 1.82) is 0 Å². The second-order valence-corrected chi connectivity index (χ2v) is 4.91. The molecule has 0 heterocycles. The number of hydrogen-bond acceptors (Lipinski definition) is 4. The van der Waals surface area contributed by atoms with Gasteiger partial charge in [0.15, 0.2) is 0 Å². The number of nitrogens with two attached hydrogens (primary N) is 1. The minimum Gasteiger partial charge on any atom is -0.497 e. The molecule has 0 saturated heterocycles. The maximum absolute atomic E-state index is 10.4. The summed E-state index contributed by atoms with van der Waals surface area (Å²) in [5, 5.41) is 10.4. The number of aliphatic hydroxyl groups excluding tert-OH is 1. The van der Waals surface area contributed by atoms with Crippen LogP contribution in [0.2, 0.25) is 0 Å². The third kappa shape index (κ3) is 3.89. The summed E-state index contributed by atoms with van der Waals surface area (Å²) in [6.07, 6.45) is 0.719. The average Bonchev–Trinajstić information content (AvgIpc) is 2.52. The quantitative estimate of drug-likeness (QED) is 0.802. The van der Waals surface area contributed by atoms with Crippen LogP contribution in [0.1, 0.15) is 23.7 Å². The molecule has 0 aliphatic rings. The molecular weight excluding hydrogens is 266 g/mol. The topological polar surface area (TPSA) is 64.7 Å². The molecule has 0 aliphatic carbocycles. The van der Waals surface area contributed by atoms with E-state index in [9.17, 15) is 5.11 Å². The number of aryl methyl sites for hydroxylation is 1. The SMILES string of the molecule is COc1ccc(OC)c(C(O)CCc2cccc(N)c2)c1. The number of rotatable bonds is 6. The third-order valence-electron chi connectivity index (χ3n) is 3.45. The van der Waals surface area contributed by atoms with E-state index in [1.54, 1.807) is 20.3 Å². The Morgan fingerprint density at radius 2 is 1.90 bits per heavy atom. The van der Waals surface area contributed by atoms with E-state index in [0.29, 0.717) is 17.9 Å². The molecule has 2 aromatic rings. The number of hydrogen-bond donors (Lipinski definition) is 2. The Kier molecular flexibility index (Phi) is 5.06. The van der Waals surface area contributed by atoms with E-state index in [0.717, 1.165) is 23.2 Å². The lowest BCUT2D eigenvalue weighted by Crippen LogP contribution is -2.03. The number of anilines is 1. The molecule has 0 fully saturated rings. The van der Waals surface area contributed by atoms with E-state index in [4.69, 9.17) is 15.2 Å². The Morgan fingerprint density at radius 1 is 1.10 bits per heavy atom. The van der Waals surface area contributed by atoms with Crippen LogP contribution < -0.4 is 15.2 Å². The van der Waals surface area contributed by atoms with Crippen molar-refractivity contribution < 1.29 is 14.6 Å². The van der Waals surface area contributed by atoms with Crippen molar-refractivity contribution >= 4 is 5.69 Å². The van der Waals surface area contributed by atoms with Gasteiger partial charge in [-0.05, 0) is 48.7 Å². The summed E-state index contributed by atoms with van der Waals surface area (Å²) >= 11 is 0. The van der Waals surface area contributed by atoms with Crippen LogP contribution in [0.3, 0.4) is 0 Å². The summed E-state index contributed by atoms with van der Waals surface area (Å²) in [5.41, 5.74) is 8.34. The van der Waals surface area contributed by atoms with E-state index in [1.807, 2.05) is 36.4 Å². The minimum absolute atomic E-state index is 0.590. The van der Waals surface area contributed by atoms with Gasteiger partial charge in [0, 0.05) is 11.3 Å². The fourth-order valence-electron chi connectivity index (χ4n) is 2.31. The van der Waals surface area contributed by atoms with Gasteiger partial charge < -0.3 is 20.3 Å². The molecule has 3 N–H and O–H groups in total. The van der Waals surface area contributed by atoms with Crippen LogP contribution in [0.15, 0.2) is 42.5 Å². The van der Waals surface area contributed by atoms with Gasteiger partial charge in [0.05, 0.1) is 20.3 Å². The van der Waals surface area contributed by atoms with Gasteiger partial charge in [0.1, 0.15) is 11.5 Å². The van der Waals surface area contributed by atoms with Crippen LogP contribution in [0.4, 0.5) is 5.69 Å². The summed E-state index contributed by atoms with van der Waals surface area (Å²) < 4.78 is 10.5. The van der Waals surface area contributed by atoms with Crippen LogP contribution in [0, 0.1) is 0 Å². The molecule has 0 spiro atoms. The van der Waals surface area contributed by atoms with E-state index < -0.39 is 6.10 Å². The van der Waals surface area contributed by atoms with Crippen molar-refractivity contribution in [1.82, 2.24) is 0 Å². The summed E-state index contributed by atoms with van der Waals surface area (Å²) in [5.74, 6) is 1.37. The largest absolute Gasteiger partial charge is 0.497 e. The highest BCUT2D eigenvalue weighted by Crippen LogP contribution is 2.31. The van der Waals surface area contributed by atoms with Gasteiger partial charge >= 0.3 is 0 Å². The molecule has 0 bridgehead atoms. The highest BCUT2D eigenvalue weighted by molar-refractivity contribution is 5.42. The molecule has 0 radical (unpaired) electrons. The summed E-state index contributed by atoms with van der Waals surface area (Å²) in [7, 11) is 3.20. The Balaban J connectivity index is 2.10. The first-order valence-electron chi connectivity index (χ1n) is 6.88. The van der Waals surface area contributed by atoms with Crippen molar-refractivity contribution in [2.24, 2.45) is 0 Å². The maximum Gasteiger partial charge on any atom is 0.124 e. The first-order chi connectivity index (χ1) is 10.1. The minimum atomic E-state index is -0.614. The van der Waals surface area contributed by atoms with Crippen LogP contribution in [0.5, 0.6) is 11.5 Å².